The maximum Gasteiger partial charge on any atom is 0.125 e. The number of nitrogens with zero attached hydrogens (tertiary/aromatic N) is 1. The van der Waals surface area contributed by atoms with E-state index in [0.717, 1.165) is 31.4 Å². The van der Waals surface area contributed by atoms with Crippen molar-refractivity contribution >= 4 is 5.69 Å². The first-order valence-electron chi connectivity index (χ1n) is 6.05. The van der Waals surface area contributed by atoms with Crippen LogP contribution < -0.4 is 5.32 Å². The summed E-state index contributed by atoms with van der Waals surface area (Å²) in [5.41, 5.74) is 0.598. The molecular formula is C14H18N2O. The summed E-state index contributed by atoms with van der Waals surface area (Å²) in [7, 11) is 1.74. The van der Waals surface area contributed by atoms with Gasteiger partial charge in [0.15, 0.2) is 0 Å². The van der Waals surface area contributed by atoms with Crippen molar-refractivity contribution in [3.63, 3.8) is 0 Å². The zero-order valence-electron chi connectivity index (χ0n) is 10.1. The lowest BCUT2D eigenvalue weighted by molar-refractivity contribution is 0.0612. The molecule has 0 spiro atoms. The van der Waals surface area contributed by atoms with E-state index in [9.17, 15) is 5.26 Å². The molecule has 1 aromatic rings. The highest BCUT2D eigenvalue weighted by atomic mass is 16.5. The predicted octanol–water partition coefficient (Wildman–Crippen LogP) is 2.95. The molecule has 0 aliphatic heterocycles. The summed E-state index contributed by atoms with van der Waals surface area (Å²) in [6.07, 6.45) is 3.90. The van der Waals surface area contributed by atoms with Gasteiger partial charge in [0.25, 0.3) is 0 Å². The van der Waals surface area contributed by atoms with Gasteiger partial charge in [0.05, 0.1) is 12.2 Å². The topological polar surface area (TPSA) is 45.0 Å². The Balaban J connectivity index is 2.05. The molecule has 0 aromatic heterocycles. The van der Waals surface area contributed by atoms with Crippen LogP contribution in [-0.4, -0.2) is 18.8 Å². The molecule has 3 heteroatoms. The molecule has 1 saturated carbocycles. The van der Waals surface area contributed by atoms with Crippen molar-refractivity contribution in [2.45, 2.75) is 37.3 Å². The standard InChI is InChI=1S/C14H18N2O/c1-17-13-7-9-14(11-15,10-8-13)16-12-5-3-2-4-6-12/h2-6,13,16H,7-10H2,1H3. The van der Waals surface area contributed by atoms with Crippen LogP contribution in [0.5, 0.6) is 0 Å². The van der Waals surface area contributed by atoms with Gasteiger partial charge in [-0.2, -0.15) is 5.26 Å². The number of nitrogens with one attached hydrogen (secondary N) is 1. The minimum atomic E-state index is -0.420. The van der Waals surface area contributed by atoms with Crippen molar-refractivity contribution in [3.05, 3.63) is 30.3 Å². The van der Waals surface area contributed by atoms with Gasteiger partial charge in [0.2, 0.25) is 0 Å². The number of hydrogen-bond donors (Lipinski definition) is 1. The second-order valence-corrected chi connectivity index (χ2v) is 4.62. The van der Waals surface area contributed by atoms with Gasteiger partial charge in [0.1, 0.15) is 5.54 Å². The summed E-state index contributed by atoms with van der Waals surface area (Å²) in [6.45, 7) is 0. The third kappa shape index (κ3) is 2.78. The normalized spacial score (nSPS) is 28.4. The van der Waals surface area contributed by atoms with Gasteiger partial charge < -0.3 is 10.1 Å². The Labute approximate surface area is 102 Å². The van der Waals surface area contributed by atoms with Crippen molar-refractivity contribution < 1.29 is 4.74 Å². The van der Waals surface area contributed by atoms with E-state index in [1.54, 1.807) is 7.11 Å². The van der Waals surface area contributed by atoms with E-state index < -0.39 is 5.54 Å². The van der Waals surface area contributed by atoms with Gasteiger partial charge in [-0.05, 0) is 37.8 Å². The number of methoxy groups -OCH3 is 1. The Morgan fingerprint density at radius 1 is 1.29 bits per heavy atom. The highest BCUT2D eigenvalue weighted by Gasteiger charge is 2.35. The van der Waals surface area contributed by atoms with Crippen molar-refractivity contribution in [2.75, 3.05) is 12.4 Å². The molecule has 1 N–H and O–H groups in total. The van der Waals surface area contributed by atoms with Crippen LogP contribution in [-0.2, 0) is 4.74 Å². The monoisotopic (exact) mass is 230 g/mol. The van der Waals surface area contributed by atoms with Crippen molar-refractivity contribution in [3.8, 4) is 6.07 Å². The average Bonchev–Trinajstić information content (AvgIpc) is 2.41. The van der Waals surface area contributed by atoms with Gasteiger partial charge >= 0.3 is 0 Å². The molecule has 3 nitrogen and oxygen atoms in total. The van der Waals surface area contributed by atoms with E-state index in [0.29, 0.717) is 6.10 Å². The molecule has 90 valence electrons. The molecule has 0 unspecified atom stereocenters. The highest BCUT2D eigenvalue weighted by Crippen LogP contribution is 2.32. The maximum atomic E-state index is 9.41. The fraction of sp³-hybridized carbons (Fsp3) is 0.500. The summed E-state index contributed by atoms with van der Waals surface area (Å²) in [6, 6.07) is 12.4. The van der Waals surface area contributed by atoms with Crippen LogP contribution in [0.25, 0.3) is 0 Å². The molecule has 1 aromatic carbocycles. The number of para-hydroxylation sites is 1. The Morgan fingerprint density at radius 3 is 2.47 bits per heavy atom. The van der Waals surface area contributed by atoms with Gasteiger partial charge in [-0.3, -0.25) is 0 Å². The Morgan fingerprint density at radius 2 is 1.94 bits per heavy atom. The van der Waals surface area contributed by atoms with E-state index in [-0.39, 0.29) is 0 Å². The fourth-order valence-corrected chi connectivity index (χ4v) is 2.38. The van der Waals surface area contributed by atoms with Crippen LogP contribution in [0.15, 0.2) is 30.3 Å². The first-order valence-corrected chi connectivity index (χ1v) is 6.05. The number of hydrogen-bond acceptors (Lipinski definition) is 3. The zero-order valence-corrected chi connectivity index (χ0v) is 10.1. The van der Waals surface area contributed by atoms with Crippen LogP contribution >= 0.6 is 0 Å². The van der Waals surface area contributed by atoms with Crippen LogP contribution in [0.4, 0.5) is 5.69 Å². The molecule has 0 bridgehead atoms. The summed E-state index contributed by atoms with van der Waals surface area (Å²) in [5.74, 6) is 0. The van der Waals surface area contributed by atoms with E-state index >= 15 is 0 Å². The lowest BCUT2D eigenvalue weighted by Crippen LogP contribution is -2.42. The van der Waals surface area contributed by atoms with E-state index in [1.807, 2.05) is 30.3 Å². The van der Waals surface area contributed by atoms with Gasteiger partial charge in [-0.25, -0.2) is 0 Å². The molecule has 2 rings (SSSR count). The SMILES string of the molecule is COC1CCC(C#N)(Nc2ccccc2)CC1. The minimum absolute atomic E-state index is 0.314. The van der Waals surface area contributed by atoms with Gasteiger partial charge in [0, 0.05) is 12.8 Å². The van der Waals surface area contributed by atoms with Crippen LogP contribution in [0, 0.1) is 11.3 Å². The lowest BCUT2D eigenvalue weighted by Gasteiger charge is -2.35. The van der Waals surface area contributed by atoms with E-state index in [1.165, 1.54) is 0 Å². The average molecular weight is 230 g/mol. The smallest absolute Gasteiger partial charge is 0.125 e. The van der Waals surface area contributed by atoms with E-state index in [4.69, 9.17) is 4.74 Å². The molecule has 1 aliphatic carbocycles. The van der Waals surface area contributed by atoms with Gasteiger partial charge in [-0.1, -0.05) is 18.2 Å². The number of rotatable bonds is 3. The molecule has 0 saturated heterocycles. The molecule has 0 radical (unpaired) electrons. The van der Waals surface area contributed by atoms with Crippen LogP contribution in [0.1, 0.15) is 25.7 Å². The molecule has 0 atom stereocenters. The summed E-state index contributed by atoms with van der Waals surface area (Å²) in [4.78, 5) is 0. The molecule has 0 heterocycles. The molecule has 17 heavy (non-hydrogen) atoms. The summed E-state index contributed by atoms with van der Waals surface area (Å²) < 4.78 is 5.34. The molecule has 1 fully saturated rings. The number of ether oxygens (including phenoxy) is 1. The number of nitriles is 1. The lowest BCUT2D eigenvalue weighted by atomic mass is 9.81. The number of anilines is 1. The second kappa shape index (κ2) is 5.20. The third-order valence-corrected chi connectivity index (χ3v) is 3.49. The van der Waals surface area contributed by atoms with E-state index in [2.05, 4.69) is 11.4 Å². The highest BCUT2D eigenvalue weighted by molar-refractivity contribution is 5.47. The van der Waals surface area contributed by atoms with Crippen LogP contribution in [0.3, 0.4) is 0 Å². The predicted molar refractivity (Wildman–Crippen MR) is 67.7 cm³/mol. The van der Waals surface area contributed by atoms with Crippen molar-refractivity contribution in [1.82, 2.24) is 0 Å². The Hall–Kier alpha value is -1.53. The van der Waals surface area contributed by atoms with Crippen molar-refractivity contribution in [1.29, 1.82) is 5.26 Å². The molecule has 1 aliphatic rings. The Kier molecular flexibility index (Phi) is 3.65. The molecule has 0 amide bonds. The van der Waals surface area contributed by atoms with Crippen LogP contribution in [0.2, 0.25) is 0 Å². The first-order chi connectivity index (χ1) is 8.28. The largest absolute Gasteiger partial charge is 0.381 e. The minimum Gasteiger partial charge on any atom is -0.381 e. The first kappa shape index (κ1) is 11.9. The quantitative estimate of drug-likeness (QED) is 0.868. The number of benzene rings is 1. The van der Waals surface area contributed by atoms with Gasteiger partial charge in [-0.15, -0.1) is 0 Å². The third-order valence-electron chi connectivity index (χ3n) is 3.49. The second-order valence-electron chi connectivity index (χ2n) is 4.62. The fourth-order valence-electron chi connectivity index (χ4n) is 2.38. The maximum absolute atomic E-state index is 9.41. The Bertz CT molecular complexity index is 388. The van der Waals surface area contributed by atoms with Crippen molar-refractivity contribution in [2.24, 2.45) is 0 Å². The summed E-state index contributed by atoms with van der Waals surface area (Å²) >= 11 is 0. The zero-order chi connectivity index (χ0) is 12.1. The molecular weight excluding hydrogens is 212 g/mol. The summed E-state index contributed by atoms with van der Waals surface area (Å²) in [5, 5.41) is 12.8.